The van der Waals surface area contributed by atoms with Gasteiger partial charge in [-0.1, -0.05) is 232 Å². The van der Waals surface area contributed by atoms with Crippen LogP contribution in [0.25, 0.3) is 0 Å². The Morgan fingerprint density at radius 2 is 0.922 bits per heavy atom. The number of amides is 1. The zero-order valence-corrected chi connectivity index (χ0v) is 41.9. The molecule has 1 aliphatic heterocycles. The zero-order chi connectivity index (χ0) is 46.9. The predicted octanol–water partition coefficient (Wildman–Crippen LogP) is 11.3. The summed E-state index contributed by atoms with van der Waals surface area (Å²) in [6.07, 6.45) is 35.2. The highest BCUT2D eigenvalue weighted by Crippen LogP contribution is 2.26. The molecule has 0 spiro atoms. The van der Waals surface area contributed by atoms with E-state index in [0.717, 1.165) is 56.7 Å². The molecule has 7 N–H and O–H groups in total. The summed E-state index contributed by atoms with van der Waals surface area (Å²) in [5, 5.41) is 65.7. The van der Waals surface area contributed by atoms with Crippen LogP contribution in [0.15, 0.2) is 0 Å². The van der Waals surface area contributed by atoms with Crippen molar-refractivity contribution in [2.75, 3.05) is 18.1 Å². The van der Waals surface area contributed by atoms with Crippen molar-refractivity contribution in [2.45, 2.75) is 300 Å². The Bertz CT molecular complexity index is 1060. The second-order valence-corrected chi connectivity index (χ2v) is 20.2. The van der Waals surface area contributed by atoms with E-state index in [0.29, 0.717) is 12.8 Å². The third-order valence-electron chi connectivity index (χ3n) is 13.1. The van der Waals surface area contributed by atoms with Crippen LogP contribution in [0.4, 0.5) is 0 Å². The Morgan fingerprint density at radius 3 is 1.31 bits per heavy atom. The smallest absolute Gasteiger partial charge is 0.313 e. The number of thioether (sulfide) groups is 1. The summed E-state index contributed by atoms with van der Waals surface area (Å²) in [5.41, 5.74) is 0. The summed E-state index contributed by atoms with van der Waals surface area (Å²) in [5.74, 6) is -1.49. The zero-order valence-electron chi connectivity index (χ0n) is 41.1. The number of aliphatic hydroxyl groups is 5. The molecule has 12 heteroatoms. The van der Waals surface area contributed by atoms with Gasteiger partial charge in [-0.2, -0.15) is 0 Å². The maximum atomic E-state index is 13.1. The maximum Gasteiger partial charge on any atom is 0.313 e. The fourth-order valence-corrected chi connectivity index (χ4v) is 9.66. The van der Waals surface area contributed by atoms with Crippen molar-refractivity contribution in [2.24, 2.45) is 0 Å². The minimum absolute atomic E-state index is 0.0389. The van der Waals surface area contributed by atoms with E-state index < -0.39 is 54.9 Å². The number of ether oxygens (including phenoxy) is 2. The number of aliphatic carboxylic acids is 1. The molecule has 0 unspecified atom stereocenters. The normalized spacial score (nSPS) is 20.3. The summed E-state index contributed by atoms with van der Waals surface area (Å²) in [6, 6.07) is -1.01. The van der Waals surface area contributed by atoms with Gasteiger partial charge < -0.3 is 45.4 Å². The monoisotopic (exact) mass is 932 g/mol. The molecule has 11 nitrogen and oxygen atoms in total. The molecule has 0 radical (unpaired) electrons. The second kappa shape index (κ2) is 43.3. The van der Waals surface area contributed by atoms with Gasteiger partial charge in [-0.25, -0.2) is 0 Å². The van der Waals surface area contributed by atoms with Crippen molar-refractivity contribution in [3.8, 4) is 0 Å². The van der Waals surface area contributed by atoms with Crippen molar-refractivity contribution < 1.29 is 49.7 Å². The van der Waals surface area contributed by atoms with Crippen LogP contribution in [0.1, 0.15) is 251 Å². The van der Waals surface area contributed by atoms with Crippen LogP contribution in [-0.2, 0) is 19.1 Å². The van der Waals surface area contributed by atoms with Gasteiger partial charge in [0.2, 0.25) is 5.91 Å². The maximum absolute atomic E-state index is 13.1. The Labute approximate surface area is 395 Å². The molecule has 1 heterocycles. The highest BCUT2D eigenvalue weighted by atomic mass is 32.2. The lowest BCUT2D eigenvalue weighted by atomic mass is 9.98. The molecule has 1 saturated heterocycles. The molecule has 1 rings (SSSR count). The van der Waals surface area contributed by atoms with Gasteiger partial charge in [-0.3, -0.25) is 9.59 Å². The van der Waals surface area contributed by atoms with Crippen LogP contribution in [0.5, 0.6) is 0 Å². The van der Waals surface area contributed by atoms with Gasteiger partial charge in [0.05, 0.1) is 30.6 Å². The van der Waals surface area contributed by atoms with Crippen LogP contribution in [0.2, 0.25) is 0 Å². The first-order valence-electron chi connectivity index (χ1n) is 26.9. The van der Waals surface area contributed by atoms with E-state index in [-0.39, 0.29) is 30.4 Å². The fraction of sp³-hybridized carbons (Fsp3) is 0.962. The highest BCUT2D eigenvalue weighted by Gasteiger charge is 2.44. The van der Waals surface area contributed by atoms with Crippen molar-refractivity contribution in [1.29, 1.82) is 0 Å². The fourth-order valence-electron chi connectivity index (χ4n) is 8.86. The molecule has 0 saturated carbocycles. The molecular weight excluding hydrogens is 831 g/mol. The molecule has 0 aliphatic carbocycles. The van der Waals surface area contributed by atoms with Gasteiger partial charge in [0.15, 0.2) is 6.29 Å². The average Bonchev–Trinajstić information content (AvgIpc) is 3.28. The number of nitrogens with one attached hydrogen (secondary N) is 1. The van der Waals surface area contributed by atoms with E-state index in [1.54, 1.807) is 0 Å². The number of aliphatic hydroxyl groups excluding tert-OH is 5. The number of carbonyl (C=O) groups is 2. The molecule has 1 amide bonds. The van der Waals surface area contributed by atoms with Gasteiger partial charge >= 0.3 is 5.97 Å². The van der Waals surface area contributed by atoms with Crippen LogP contribution in [-0.4, -0.2) is 110 Å². The number of carboxylic acids is 1. The average molecular weight is 932 g/mol. The molecule has 380 valence electrons. The lowest BCUT2D eigenvalue weighted by molar-refractivity contribution is -0.294. The molecule has 8 atom stereocenters. The van der Waals surface area contributed by atoms with Crippen molar-refractivity contribution in [3.05, 3.63) is 0 Å². The molecule has 0 bridgehead atoms. The van der Waals surface area contributed by atoms with Gasteiger partial charge in [-0.05, 0) is 12.8 Å². The van der Waals surface area contributed by atoms with E-state index in [1.165, 1.54) is 173 Å². The molecule has 0 aromatic carbocycles. The first-order chi connectivity index (χ1) is 31.1. The Kier molecular flexibility index (Phi) is 41.3. The minimum atomic E-state index is -1.62. The SMILES string of the molecule is CCCCCCCCCCCCCCCCCCCCCCCCCC(=O)N[C@@H](CO[C@H]1O[C@H](CSCC(=O)O)[C@H](O)[C@H](O)[C@H]1O)[C@H](O)[C@H](O)CCCCCCCCCCCCCC. The largest absolute Gasteiger partial charge is 0.481 e. The van der Waals surface area contributed by atoms with E-state index in [1.807, 2.05) is 0 Å². The Balaban J connectivity index is 2.38. The number of rotatable bonds is 47. The summed E-state index contributed by atoms with van der Waals surface area (Å²) >= 11 is 0.998. The third-order valence-corrected chi connectivity index (χ3v) is 14.1. The number of carbonyl (C=O) groups excluding carboxylic acids is 1. The topological polar surface area (TPSA) is 186 Å². The third kappa shape index (κ3) is 33.5. The van der Waals surface area contributed by atoms with Gasteiger partial charge in [0.25, 0.3) is 0 Å². The van der Waals surface area contributed by atoms with E-state index in [2.05, 4.69) is 19.2 Å². The van der Waals surface area contributed by atoms with E-state index in [9.17, 15) is 35.1 Å². The minimum Gasteiger partial charge on any atom is -0.481 e. The molecule has 1 fully saturated rings. The van der Waals surface area contributed by atoms with Crippen molar-refractivity contribution in [3.63, 3.8) is 0 Å². The van der Waals surface area contributed by atoms with E-state index in [4.69, 9.17) is 14.6 Å². The molecule has 1 aliphatic rings. The van der Waals surface area contributed by atoms with Crippen molar-refractivity contribution >= 4 is 23.6 Å². The summed E-state index contributed by atoms with van der Waals surface area (Å²) in [7, 11) is 0. The van der Waals surface area contributed by atoms with Crippen LogP contribution in [0.3, 0.4) is 0 Å². The van der Waals surface area contributed by atoms with Gasteiger partial charge in [0, 0.05) is 12.2 Å². The second-order valence-electron chi connectivity index (χ2n) is 19.2. The van der Waals surface area contributed by atoms with Crippen LogP contribution < -0.4 is 5.32 Å². The Hall–Kier alpha value is -0.990. The van der Waals surface area contributed by atoms with Gasteiger partial charge in [-0.15, -0.1) is 11.8 Å². The number of hydrogen-bond acceptors (Lipinski definition) is 10. The Morgan fingerprint density at radius 1 is 0.547 bits per heavy atom. The summed E-state index contributed by atoms with van der Waals surface area (Å²) in [6.45, 7) is 4.20. The number of hydrogen-bond donors (Lipinski definition) is 7. The summed E-state index contributed by atoms with van der Waals surface area (Å²) < 4.78 is 11.6. The molecule has 0 aromatic rings. The first kappa shape index (κ1) is 61.0. The van der Waals surface area contributed by atoms with Crippen LogP contribution >= 0.6 is 11.8 Å². The number of carboxylic acid groups (broad SMARTS) is 1. The van der Waals surface area contributed by atoms with Crippen molar-refractivity contribution in [1.82, 2.24) is 5.32 Å². The highest BCUT2D eigenvalue weighted by molar-refractivity contribution is 7.99. The lowest BCUT2D eigenvalue weighted by Crippen LogP contribution is -2.60. The van der Waals surface area contributed by atoms with E-state index >= 15 is 0 Å². The number of unbranched alkanes of at least 4 members (excludes halogenated alkanes) is 33. The molecular formula is C52H101NO10S. The first-order valence-corrected chi connectivity index (χ1v) is 28.0. The quantitative estimate of drug-likeness (QED) is 0.0288. The molecule has 64 heavy (non-hydrogen) atoms. The van der Waals surface area contributed by atoms with Gasteiger partial charge in [0.1, 0.15) is 24.4 Å². The lowest BCUT2D eigenvalue weighted by Gasteiger charge is -2.41. The summed E-state index contributed by atoms with van der Waals surface area (Å²) in [4.78, 5) is 24.1. The molecule has 0 aromatic heterocycles. The predicted molar refractivity (Wildman–Crippen MR) is 264 cm³/mol. The van der Waals surface area contributed by atoms with Crippen LogP contribution in [0, 0.1) is 0 Å². The standard InChI is InChI=1S/C52H101NO10S/c1-3-5-7-9-11-13-15-17-18-19-20-21-22-23-24-25-26-27-29-31-33-35-37-39-46(55)53-43(40-62-52-51(61)50(60)49(59)45(63-52)41-64-42-47(56)57)48(58)44(54)38-36-34-32-30-28-16-14-12-10-8-6-4-2/h43-45,48-52,54,58-61H,3-42H2,1-2H3,(H,53,55)(H,56,57)/t43-,44+,45+,48-,49-,50-,51+,52-/m0/s1.